The van der Waals surface area contributed by atoms with Crippen molar-refractivity contribution in [2.45, 2.75) is 32.9 Å². The molecular weight excluding hydrogens is 248 g/mol. The molecule has 19 heavy (non-hydrogen) atoms. The van der Waals surface area contributed by atoms with Gasteiger partial charge in [0.05, 0.1) is 25.3 Å². The highest BCUT2D eigenvalue weighted by atomic mass is 16.5. The maximum Gasteiger partial charge on any atom is 0.316 e. The van der Waals surface area contributed by atoms with E-state index >= 15 is 0 Å². The van der Waals surface area contributed by atoms with Crippen molar-refractivity contribution >= 4 is 12.0 Å². The van der Waals surface area contributed by atoms with Gasteiger partial charge >= 0.3 is 12.0 Å². The van der Waals surface area contributed by atoms with E-state index < -0.39 is 29.5 Å². The third kappa shape index (κ3) is 3.38. The standard InChI is InChI=1S/C13H20N2O4/c1-5-9(8(2)3)14-12(18)15-10-6-19-7-13(10,4)11(16)17/h1,8-10H,6-7H2,2-4H3,(H,16,17)(H2,14,15,18). The average Bonchev–Trinajstić information content (AvgIpc) is 2.69. The van der Waals surface area contributed by atoms with Crippen molar-refractivity contribution < 1.29 is 19.4 Å². The number of nitrogens with one attached hydrogen (secondary N) is 2. The van der Waals surface area contributed by atoms with Gasteiger partial charge in [0.2, 0.25) is 0 Å². The minimum absolute atomic E-state index is 0.0794. The van der Waals surface area contributed by atoms with Crippen LogP contribution in [0.1, 0.15) is 20.8 Å². The van der Waals surface area contributed by atoms with Gasteiger partial charge in [0, 0.05) is 0 Å². The Labute approximate surface area is 112 Å². The van der Waals surface area contributed by atoms with E-state index in [1.54, 1.807) is 6.92 Å². The molecule has 106 valence electrons. The van der Waals surface area contributed by atoms with Gasteiger partial charge < -0.3 is 20.5 Å². The molecule has 0 saturated carbocycles. The molecule has 0 aliphatic carbocycles. The molecule has 1 fully saturated rings. The molecule has 1 aliphatic heterocycles. The number of amides is 2. The zero-order valence-corrected chi connectivity index (χ0v) is 11.4. The summed E-state index contributed by atoms with van der Waals surface area (Å²) < 4.78 is 5.15. The highest BCUT2D eigenvalue weighted by Crippen LogP contribution is 2.28. The number of carbonyl (C=O) groups is 2. The van der Waals surface area contributed by atoms with Crippen LogP contribution in [0.25, 0.3) is 0 Å². The Morgan fingerprint density at radius 2 is 2.16 bits per heavy atom. The molecule has 0 aromatic heterocycles. The molecule has 0 aromatic rings. The second-order valence-corrected chi connectivity index (χ2v) is 5.30. The van der Waals surface area contributed by atoms with E-state index in [4.69, 9.17) is 11.2 Å². The lowest BCUT2D eigenvalue weighted by molar-refractivity contribution is -0.148. The van der Waals surface area contributed by atoms with Crippen molar-refractivity contribution in [2.75, 3.05) is 13.2 Å². The van der Waals surface area contributed by atoms with Gasteiger partial charge in [-0.1, -0.05) is 19.8 Å². The second kappa shape index (κ2) is 5.93. The highest BCUT2D eigenvalue weighted by Gasteiger charge is 2.47. The van der Waals surface area contributed by atoms with E-state index in [9.17, 15) is 14.7 Å². The Morgan fingerprint density at radius 1 is 1.53 bits per heavy atom. The predicted octanol–water partition coefficient (Wildman–Crippen LogP) is 0.433. The van der Waals surface area contributed by atoms with Crippen LogP contribution in [0.5, 0.6) is 0 Å². The zero-order chi connectivity index (χ0) is 14.6. The summed E-state index contributed by atoms with van der Waals surface area (Å²) >= 11 is 0. The van der Waals surface area contributed by atoms with Gasteiger partial charge in [-0.2, -0.15) is 0 Å². The molecule has 2 amide bonds. The number of hydrogen-bond acceptors (Lipinski definition) is 3. The normalized spacial score (nSPS) is 27.6. The molecule has 1 saturated heterocycles. The molecular formula is C13H20N2O4. The highest BCUT2D eigenvalue weighted by molar-refractivity contribution is 5.79. The number of urea groups is 1. The van der Waals surface area contributed by atoms with Crippen LogP contribution in [0.4, 0.5) is 4.79 Å². The number of ether oxygens (including phenoxy) is 1. The number of aliphatic carboxylic acids is 1. The van der Waals surface area contributed by atoms with Gasteiger partial charge in [0.1, 0.15) is 5.41 Å². The lowest BCUT2D eigenvalue weighted by Crippen LogP contribution is -2.54. The Hall–Kier alpha value is -1.74. The van der Waals surface area contributed by atoms with Crippen LogP contribution in [-0.4, -0.2) is 42.4 Å². The lowest BCUT2D eigenvalue weighted by atomic mass is 9.85. The maximum atomic E-state index is 11.8. The van der Waals surface area contributed by atoms with Crippen molar-refractivity contribution in [2.24, 2.45) is 11.3 Å². The molecule has 1 aliphatic rings. The first-order valence-corrected chi connectivity index (χ1v) is 6.15. The fourth-order valence-electron chi connectivity index (χ4n) is 1.83. The summed E-state index contributed by atoms with van der Waals surface area (Å²) in [5, 5.41) is 14.4. The van der Waals surface area contributed by atoms with E-state index in [0.29, 0.717) is 0 Å². The molecule has 0 spiro atoms. The zero-order valence-electron chi connectivity index (χ0n) is 11.4. The van der Waals surface area contributed by atoms with E-state index in [1.165, 1.54) is 0 Å². The van der Waals surface area contributed by atoms with Crippen LogP contribution in [0, 0.1) is 23.7 Å². The molecule has 3 N–H and O–H groups in total. The number of carboxylic acid groups (broad SMARTS) is 1. The van der Waals surface area contributed by atoms with Gasteiger partial charge in [-0.3, -0.25) is 4.79 Å². The second-order valence-electron chi connectivity index (χ2n) is 5.30. The molecule has 3 atom stereocenters. The molecule has 6 heteroatoms. The molecule has 1 heterocycles. The smallest absolute Gasteiger partial charge is 0.316 e. The molecule has 3 unspecified atom stereocenters. The third-order valence-electron chi connectivity index (χ3n) is 3.38. The number of terminal acetylenes is 1. The fraction of sp³-hybridized carbons (Fsp3) is 0.692. The first-order chi connectivity index (χ1) is 8.81. The Balaban J connectivity index is 2.62. The summed E-state index contributed by atoms with van der Waals surface area (Å²) in [7, 11) is 0. The number of hydrogen-bond donors (Lipinski definition) is 3. The minimum Gasteiger partial charge on any atom is -0.481 e. The van der Waals surface area contributed by atoms with E-state index in [1.807, 2.05) is 13.8 Å². The fourth-order valence-corrected chi connectivity index (χ4v) is 1.83. The topological polar surface area (TPSA) is 87.7 Å². The molecule has 0 bridgehead atoms. The predicted molar refractivity (Wildman–Crippen MR) is 69.5 cm³/mol. The molecule has 1 rings (SSSR count). The van der Waals surface area contributed by atoms with E-state index in [2.05, 4.69) is 16.6 Å². The summed E-state index contributed by atoms with van der Waals surface area (Å²) in [6.07, 6.45) is 5.32. The van der Waals surface area contributed by atoms with Crippen LogP contribution in [0.15, 0.2) is 0 Å². The molecule has 0 radical (unpaired) electrons. The maximum absolute atomic E-state index is 11.8. The summed E-state index contributed by atoms with van der Waals surface area (Å²) in [6.45, 7) is 5.60. The van der Waals surface area contributed by atoms with Gasteiger partial charge in [0.15, 0.2) is 0 Å². The van der Waals surface area contributed by atoms with Crippen molar-refractivity contribution in [1.29, 1.82) is 0 Å². The summed E-state index contributed by atoms with van der Waals surface area (Å²) in [4.78, 5) is 23.0. The Kier molecular flexibility index (Phi) is 4.78. The first-order valence-electron chi connectivity index (χ1n) is 6.15. The lowest BCUT2D eigenvalue weighted by Gasteiger charge is -2.26. The van der Waals surface area contributed by atoms with Crippen LogP contribution < -0.4 is 10.6 Å². The third-order valence-corrected chi connectivity index (χ3v) is 3.38. The number of rotatable bonds is 4. The summed E-state index contributed by atoms with van der Waals surface area (Å²) in [5.41, 5.74) is -1.11. The van der Waals surface area contributed by atoms with Crippen molar-refractivity contribution in [3.8, 4) is 12.3 Å². The first kappa shape index (κ1) is 15.3. The van der Waals surface area contributed by atoms with Crippen LogP contribution in [0.2, 0.25) is 0 Å². The largest absolute Gasteiger partial charge is 0.481 e. The van der Waals surface area contributed by atoms with Crippen LogP contribution in [0.3, 0.4) is 0 Å². The van der Waals surface area contributed by atoms with Crippen molar-refractivity contribution in [1.82, 2.24) is 10.6 Å². The van der Waals surface area contributed by atoms with Gasteiger partial charge in [-0.05, 0) is 12.8 Å². The van der Waals surface area contributed by atoms with E-state index in [0.717, 1.165) is 0 Å². The van der Waals surface area contributed by atoms with Gasteiger partial charge in [-0.25, -0.2) is 4.79 Å². The Morgan fingerprint density at radius 3 is 2.63 bits per heavy atom. The SMILES string of the molecule is C#CC(NC(=O)NC1COCC1(C)C(=O)O)C(C)C. The number of carbonyl (C=O) groups excluding carboxylic acids is 1. The molecule has 0 aromatic carbocycles. The van der Waals surface area contributed by atoms with Crippen LogP contribution >= 0.6 is 0 Å². The monoisotopic (exact) mass is 268 g/mol. The number of carboxylic acids is 1. The van der Waals surface area contributed by atoms with Gasteiger partial charge in [-0.15, -0.1) is 6.42 Å². The van der Waals surface area contributed by atoms with Crippen molar-refractivity contribution in [3.63, 3.8) is 0 Å². The summed E-state index contributed by atoms with van der Waals surface area (Å²) in [5.74, 6) is 1.59. The minimum atomic E-state index is -1.11. The van der Waals surface area contributed by atoms with Gasteiger partial charge in [0.25, 0.3) is 0 Å². The average molecular weight is 268 g/mol. The Bertz CT molecular complexity index is 402. The van der Waals surface area contributed by atoms with Crippen LogP contribution in [-0.2, 0) is 9.53 Å². The quantitative estimate of drug-likeness (QED) is 0.645. The van der Waals surface area contributed by atoms with E-state index in [-0.39, 0.29) is 19.1 Å². The summed E-state index contributed by atoms with van der Waals surface area (Å²) in [6, 6.07) is -1.44. The molecule has 6 nitrogen and oxygen atoms in total. The van der Waals surface area contributed by atoms with Crippen molar-refractivity contribution in [3.05, 3.63) is 0 Å².